The topological polar surface area (TPSA) is 57.2 Å². The zero-order valence-electron chi connectivity index (χ0n) is 9.55. The van der Waals surface area contributed by atoms with Crippen LogP contribution in [0.15, 0.2) is 0 Å². The van der Waals surface area contributed by atoms with Crippen LogP contribution in [0.5, 0.6) is 0 Å². The highest BCUT2D eigenvalue weighted by molar-refractivity contribution is 4.95. The summed E-state index contributed by atoms with van der Waals surface area (Å²) in [6, 6.07) is 0. The zero-order chi connectivity index (χ0) is 11.9. The quantitative estimate of drug-likeness (QED) is 0.759. The summed E-state index contributed by atoms with van der Waals surface area (Å²) < 4.78 is 34.7. The molecule has 2 saturated heterocycles. The highest BCUT2D eigenvalue weighted by Gasteiger charge is 2.56. The number of hydrogen-bond acceptors (Lipinski definition) is 5. The van der Waals surface area contributed by atoms with Crippen molar-refractivity contribution in [3.05, 3.63) is 0 Å². The molecule has 0 spiro atoms. The summed E-state index contributed by atoms with van der Waals surface area (Å²) in [6.45, 7) is 3.41. The third-order valence-electron chi connectivity index (χ3n) is 2.72. The van der Waals surface area contributed by atoms with Gasteiger partial charge in [-0.1, -0.05) is 0 Å². The van der Waals surface area contributed by atoms with Crippen molar-refractivity contribution in [2.24, 2.45) is 0 Å². The first-order valence-corrected chi connectivity index (χ1v) is 5.27. The highest BCUT2D eigenvalue weighted by Crippen LogP contribution is 2.39. The largest absolute Gasteiger partial charge is 0.388 e. The Hall–Kier alpha value is -0.270. The minimum atomic E-state index is -1.41. The van der Waals surface area contributed by atoms with Crippen LogP contribution in [0.3, 0.4) is 0 Å². The molecule has 2 fully saturated rings. The van der Waals surface area contributed by atoms with Gasteiger partial charge in [0.15, 0.2) is 18.2 Å². The van der Waals surface area contributed by atoms with Gasteiger partial charge in [0, 0.05) is 7.11 Å². The summed E-state index contributed by atoms with van der Waals surface area (Å²) in [5.74, 6) is -0.836. The predicted molar refractivity (Wildman–Crippen MR) is 51.5 cm³/mol. The van der Waals surface area contributed by atoms with Gasteiger partial charge in [0.1, 0.15) is 18.3 Å². The van der Waals surface area contributed by atoms with Crippen molar-refractivity contribution in [2.75, 3.05) is 13.7 Å². The van der Waals surface area contributed by atoms with Crippen LogP contribution >= 0.6 is 0 Å². The lowest BCUT2D eigenvalue weighted by Gasteiger charge is -2.24. The molecule has 94 valence electrons. The third-order valence-corrected chi connectivity index (χ3v) is 2.72. The molecule has 0 aliphatic carbocycles. The average molecular weight is 236 g/mol. The first kappa shape index (κ1) is 12.2. The summed E-state index contributed by atoms with van der Waals surface area (Å²) in [7, 11) is 1.43. The maximum atomic E-state index is 13.9. The SMILES string of the molecule is COC[C@H](O)C1OC2OC(C)(C)OC2C1F. The van der Waals surface area contributed by atoms with Crippen molar-refractivity contribution >= 4 is 0 Å². The van der Waals surface area contributed by atoms with Gasteiger partial charge >= 0.3 is 0 Å². The Balaban J connectivity index is 1.99. The number of aliphatic hydroxyl groups excluding tert-OH is 1. The number of ether oxygens (including phenoxy) is 4. The standard InChI is InChI=1S/C10H17FO5/c1-10(2)15-8-6(11)7(5(12)4-13-3)14-9(8)16-10/h5-9,12H,4H2,1-3H3/t5-,6?,7?,8?,9?/m0/s1. The lowest BCUT2D eigenvalue weighted by atomic mass is 10.1. The molecule has 2 heterocycles. The van der Waals surface area contributed by atoms with Gasteiger partial charge in [0.2, 0.25) is 0 Å². The lowest BCUT2D eigenvalue weighted by Crippen LogP contribution is -2.40. The van der Waals surface area contributed by atoms with E-state index in [2.05, 4.69) is 0 Å². The van der Waals surface area contributed by atoms with E-state index >= 15 is 0 Å². The smallest absolute Gasteiger partial charge is 0.190 e. The van der Waals surface area contributed by atoms with E-state index in [1.165, 1.54) is 7.11 Å². The Bertz CT molecular complexity index is 260. The summed E-state index contributed by atoms with van der Waals surface area (Å²) in [5, 5.41) is 9.60. The Morgan fingerprint density at radius 1 is 1.44 bits per heavy atom. The molecule has 0 radical (unpaired) electrons. The van der Waals surface area contributed by atoms with Gasteiger partial charge in [-0.05, 0) is 13.8 Å². The average Bonchev–Trinajstić information content (AvgIpc) is 2.62. The molecular weight excluding hydrogens is 219 g/mol. The third kappa shape index (κ3) is 2.08. The van der Waals surface area contributed by atoms with Gasteiger partial charge in [-0.25, -0.2) is 4.39 Å². The molecule has 0 aromatic heterocycles. The first-order chi connectivity index (χ1) is 7.44. The molecule has 4 unspecified atom stereocenters. The van der Waals surface area contributed by atoms with Crippen LogP contribution in [-0.2, 0) is 18.9 Å². The van der Waals surface area contributed by atoms with Crippen LogP contribution in [0, 0.1) is 0 Å². The van der Waals surface area contributed by atoms with Crippen LogP contribution in [-0.4, -0.2) is 55.4 Å². The molecule has 6 heteroatoms. The zero-order valence-corrected chi connectivity index (χ0v) is 9.55. The van der Waals surface area contributed by atoms with E-state index in [-0.39, 0.29) is 6.61 Å². The highest BCUT2D eigenvalue weighted by atomic mass is 19.1. The molecule has 0 bridgehead atoms. The fraction of sp³-hybridized carbons (Fsp3) is 1.00. The number of rotatable bonds is 3. The van der Waals surface area contributed by atoms with E-state index in [0.29, 0.717) is 0 Å². The van der Waals surface area contributed by atoms with Crippen LogP contribution in [0.25, 0.3) is 0 Å². The van der Waals surface area contributed by atoms with Crippen LogP contribution < -0.4 is 0 Å². The van der Waals surface area contributed by atoms with E-state index < -0.39 is 36.6 Å². The fourth-order valence-electron chi connectivity index (χ4n) is 2.06. The van der Waals surface area contributed by atoms with Crippen LogP contribution in [0.1, 0.15) is 13.8 Å². The number of methoxy groups -OCH3 is 1. The molecule has 0 saturated carbocycles. The van der Waals surface area contributed by atoms with Crippen LogP contribution in [0.2, 0.25) is 0 Å². The fourth-order valence-corrected chi connectivity index (χ4v) is 2.06. The molecule has 0 aromatic carbocycles. The molecule has 2 aliphatic heterocycles. The molecule has 5 nitrogen and oxygen atoms in total. The van der Waals surface area contributed by atoms with E-state index in [1.807, 2.05) is 0 Å². The van der Waals surface area contributed by atoms with Gasteiger partial charge in [-0.2, -0.15) is 0 Å². The second kappa shape index (κ2) is 4.19. The first-order valence-electron chi connectivity index (χ1n) is 5.27. The Labute approximate surface area is 93.4 Å². The Kier molecular flexibility index (Phi) is 3.20. The maximum Gasteiger partial charge on any atom is 0.190 e. The van der Waals surface area contributed by atoms with Gasteiger partial charge in [-0.15, -0.1) is 0 Å². The van der Waals surface area contributed by atoms with Crippen molar-refractivity contribution in [3.63, 3.8) is 0 Å². The minimum absolute atomic E-state index is 0.0217. The summed E-state index contributed by atoms with van der Waals surface area (Å²) in [4.78, 5) is 0. The summed E-state index contributed by atoms with van der Waals surface area (Å²) >= 11 is 0. The van der Waals surface area contributed by atoms with E-state index in [9.17, 15) is 9.50 Å². The molecule has 0 amide bonds. The van der Waals surface area contributed by atoms with E-state index in [1.54, 1.807) is 13.8 Å². The number of aliphatic hydroxyl groups is 1. The molecule has 1 N–H and O–H groups in total. The normalized spacial score (nSPS) is 43.3. The predicted octanol–water partition coefficient (Wildman–Crippen LogP) is 0.208. The van der Waals surface area contributed by atoms with Gasteiger partial charge in [0.25, 0.3) is 0 Å². The van der Waals surface area contributed by atoms with Crippen molar-refractivity contribution in [1.82, 2.24) is 0 Å². The van der Waals surface area contributed by atoms with Crippen molar-refractivity contribution < 1.29 is 28.4 Å². The molecular formula is C10H17FO5. The summed E-state index contributed by atoms with van der Waals surface area (Å²) in [5.41, 5.74) is 0. The number of alkyl halides is 1. The van der Waals surface area contributed by atoms with Crippen molar-refractivity contribution in [2.45, 2.75) is 50.4 Å². The Morgan fingerprint density at radius 3 is 2.69 bits per heavy atom. The van der Waals surface area contributed by atoms with Gasteiger partial charge in [-0.3, -0.25) is 0 Å². The van der Waals surface area contributed by atoms with E-state index in [4.69, 9.17) is 18.9 Å². The summed E-state index contributed by atoms with van der Waals surface area (Å²) in [6.07, 6.45) is -4.89. The van der Waals surface area contributed by atoms with Crippen molar-refractivity contribution in [1.29, 1.82) is 0 Å². The molecule has 16 heavy (non-hydrogen) atoms. The van der Waals surface area contributed by atoms with Gasteiger partial charge in [0.05, 0.1) is 6.61 Å². The second-order valence-electron chi connectivity index (χ2n) is 4.54. The van der Waals surface area contributed by atoms with Crippen molar-refractivity contribution in [3.8, 4) is 0 Å². The second-order valence-corrected chi connectivity index (χ2v) is 4.54. The molecule has 2 rings (SSSR count). The van der Waals surface area contributed by atoms with Gasteiger partial charge < -0.3 is 24.1 Å². The molecule has 0 aromatic rings. The molecule has 2 aliphatic rings. The number of hydrogen-bond donors (Lipinski definition) is 1. The van der Waals surface area contributed by atoms with Crippen LogP contribution in [0.4, 0.5) is 4.39 Å². The minimum Gasteiger partial charge on any atom is -0.388 e. The molecule has 5 atom stereocenters. The van der Waals surface area contributed by atoms with E-state index in [0.717, 1.165) is 0 Å². The number of halogens is 1. The Morgan fingerprint density at radius 2 is 2.12 bits per heavy atom. The monoisotopic (exact) mass is 236 g/mol. The maximum absolute atomic E-state index is 13.9. The lowest BCUT2D eigenvalue weighted by molar-refractivity contribution is -0.223. The number of fused-ring (bicyclic) bond motifs is 1.